The van der Waals surface area contributed by atoms with Crippen LogP contribution in [0, 0.1) is 6.92 Å². The minimum atomic E-state index is 0.805. The molecule has 6 heteroatoms. The number of aromatic nitrogens is 1. The van der Waals surface area contributed by atoms with Crippen LogP contribution < -0.4 is 10.3 Å². The maximum atomic E-state index is 5.38. The Bertz CT molecular complexity index is 644. The van der Waals surface area contributed by atoms with Gasteiger partial charge in [0.2, 0.25) is 5.13 Å². The highest BCUT2D eigenvalue weighted by Gasteiger charge is 2.11. The minimum absolute atomic E-state index is 0.805. The van der Waals surface area contributed by atoms with Gasteiger partial charge in [-0.15, -0.1) is 11.3 Å². The first-order valence-electron chi connectivity index (χ1n) is 7.38. The number of anilines is 2. The molecule has 1 aliphatic heterocycles. The van der Waals surface area contributed by atoms with Crippen molar-refractivity contribution in [3.05, 3.63) is 40.9 Å². The largest absolute Gasteiger partial charge is 0.378 e. The van der Waals surface area contributed by atoms with Gasteiger partial charge in [0.25, 0.3) is 0 Å². The van der Waals surface area contributed by atoms with Crippen LogP contribution in [0.25, 0.3) is 0 Å². The Labute approximate surface area is 134 Å². The molecule has 22 heavy (non-hydrogen) atoms. The fraction of sp³-hybridized carbons (Fsp3) is 0.375. The van der Waals surface area contributed by atoms with Gasteiger partial charge in [-0.25, -0.2) is 4.98 Å². The maximum Gasteiger partial charge on any atom is 0.203 e. The van der Waals surface area contributed by atoms with Crippen molar-refractivity contribution in [3.8, 4) is 0 Å². The van der Waals surface area contributed by atoms with Crippen LogP contribution >= 0.6 is 11.3 Å². The van der Waals surface area contributed by atoms with Crippen molar-refractivity contribution in [3.63, 3.8) is 0 Å². The molecule has 116 valence electrons. The number of aryl methyl sites for hydroxylation is 1. The molecule has 1 aliphatic rings. The van der Waals surface area contributed by atoms with Crippen LogP contribution in [0.5, 0.6) is 0 Å². The van der Waals surface area contributed by atoms with Gasteiger partial charge < -0.3 is 9.64 Å². The molecule has 1 fully saturated rings. The van der Waals surface area contributed by atoms with E-state index in [0.29, 0.717) is 0 Å². The van der Waals surface area contributed by atoms with Crippen LogP contribution in [0.2, 0.25) is 0 Å². The van der Waals surface area contributed by atoms with Gasteiger partial charge >= 0.3 is 0 Å². The molecule has 0 bridgehead atoms. The summed E-state index contributed by atoms with van der Waals surface area (Å²) in [7, 11) is 0. The third kappa shape index (κ3) is 3.64. The molecule has 0 radical (unpaired) electrons. The molecule has 0 aliphatic carbocycles. The topological polar surface area (TPSA) is 49.8 Å². The SMILES string of the molecule is C/C(=N\Nc1nc(C)cs1)c1ccc(N2CCOCC2)cc1. The third-order valence-corrected chi connectivity index (χ3v) is 4.46. The maximum absolute atomic E-state index is 5.38. The van der Waals surface area contributed by atoms with Crippen molar-refractivity contribution in [1.82, 2.24) is 4.98 Å². The fourth-order valence-corrected chi connectivity index (χ4v) is 2.97. The van der Waals surface area contributed by atoms with Gasteiger partial charge in [0.05, 0.1) is 24.6 Å². The van der Waals surface area contributed by atoms with Crippen molar-refractivity contribution < 1.29 is 4.74 Å². The Morgan fingerprint density at radius 1 is 1.27 bits per heavy atom. The van der Waals surface area contributed by atoms with E-state index in [-0.39, 0.29) is 0 Å². The average Bonchev–Trinajstić information content (AvgIpc) is 2.99. The summed E-state index contributed by atoms with van der Waals surface area (Å²) in [6.07, 6.45) is 0. The summed E-state index contributed by atoms with van der Waals surface area (Å²) >= 11 is 1.56. The summed E-state index contributed by atoms with van der Waals surface area (Å²) in [4.78, 5) is 6.68. The van der Waals surface area contributed by atoms with Gasteiger partial charge in [-0.2, -0.15) is 5.10 Å². The molecule has 1 N–H and O–H groups in total. The Balaban J connectivity index is 1.66. The van der Waals surface area contributed by atoms with E-state index in [4.69, 9.17) is 4.74 Å². The Morgan fingerprint density at radius 3 is 2.64 bits per heavy atom. The van der Waals surface area contributed by atoms with Gasteiger partial charge in [0, 0.05) is 24.2 Å². The van der Waals surface area contributed by atoms with Crippen molar-refractivity contribution in [2.24, 2.45) is 5.10 Å². The number of hydrazone groups is 1. The highest BCUT2D eigenvalue weighted by atomic mass is 32.1. The summed E-state index contributed by atoms with van der Waals surface area (Å²) < 4.78 is 5.38. The summed E-state index contributed by atoms with van der Waals surface area (Å²) in [5, 5.41) is 7.23. The predicted octanol–water partition coefficient (Wildman–Crippen LogP) is 3.12. The van der Waals surface area contributed by atoms with Gasteiger partial charge in [0.1, 0.15) is 0 Å². The van der Waals surface area contributed by atoms with Gasteiger partial charge in [-0.1, -0.05) is 12.1 Å². The normalized spacial score (nSPS) is 15.9. The van der Waals surface area contributed by atoms with E-state index in [0.717, 1.165) is 48.4 Å². The van der Waals surface area contributed by atoms with Crippen LogP contribution in [0.4, 0.5) is 10.8 Å². The molecule has 2 aromatic rings. The monoisotopic (exact) mass is 316 g/mol. The molecule has 0 unspecified atom stereocenters. The van der Waals surface area contributed by atoms with Crippen LogP contribution in [0.3, 0.4) is 0 Å². The van der Waals surface area contributed by atoms with E-state index in [1.807, 2.05) is 19.2 Å². The number of hydrogen-bond donors (Lipinski definition) is 1. The van der Waals surface area contributed by atoms with E-state index < -0.39 is 0 Å². The highest BCUT2D eigenvalue weighted by molar-refractivity contribution is 7.13. The molecule has 1 aromatic heterocycles. The number of benzene rings is 1. The number of rotatable bonds is 4. The van der Waals surface area contributed by atoms with Crippen LogP contribution in [-0.2, 0) is 4.74 Å². The fourth-order valence-electron chi connectivity index (χ4n) is 2.34. The molecule has 5 nitrogen and oxygen atoms in total. The first kappa shape index (κ1) is 15.0. The summed E-state index contributed by atoms with van der Waals surface area (Å²) in [5.74, 6) is 0. The predicted molar refractivity (Wildman–Crippen MR) is 92.2 cm³/mol. The molecule has 0 amide bonds. The molecule has 0 saturated carbocycles. The van der Waals surface area contributed by atoms with Crippen LogP contribution in [-0.4, -0.2) is 37.0 Å². The zero-order chi connectivity index (χ0) is 15.4. The molecule has 0 atom stereocenters. The second kappa shape index (κ2) is 6.89. The lowest BCUT2D eigenvalue weighted by molar-refractivity contribution is 0.122. The van der Waals surface area contributed by atoms with Crippen molar-refractivity contribution in [2.75, 3.05) is 36.6 Å². The molecule has 0 spiro atoms. The first-order valence-corrected chi connectivity index (χ1v) is 8.26. The third-order valence-electron chi connectivity index (χ3n) is 3.60. The zero-order valence-corrected chi connectivity index (χ0v) is 13.7. The van der Waals surface area contributed by atoms with E-state index in [9.17, 15) is 0 Å². The number of hydrogen-bond acceptors (Lipinski definition) is 6. The Kier molecular flexibility index (Phi) is 4.70. The molecule has 2 heterocycles. The Hall–Kier alpha value is -1.92. The molecule has 1 saturated heterocycles. The first-order chi connectivity index (χ1) is 10.7. The number of ether oxygens (including phenoxy) is 1. The summed E-state index contributed by atoms with van der Waals surface area (Å²) in [6.45, 7) is 7.49. The molecular formula is C16H20N4OS. The molecule has 3 rings (SSSR count). The van der Waals surface area contributed by atoms with Crippen LogP contribution in [0.15, 0.2) is 34.7 Å². The molecular weight excluding hydrogens is 296 g/mol. The zero-order valence-electron chi connectivity index (χ0n) is 12.9. The van der Waals surface area contributed by atoms with Crippen molar-refractivity contribution >= 4 is 27.9 Å². The lowest BCUT2D eigenvalue weighted by atomic mass is 10.1. The van der Waals surface area contributed by atoms with E-state index in [1.54, 1.807) is 11.3 Å². The lowest BCUT2D eigenvalue weighted by Gasteiger charge is -2.28. The second-order valence-corrected chi connectivity index (χ2v) is 6.11. The van der Waals surface area contributed by atoms with E-state index in [1.165, 1.54) is 5.69 Å². The Morgan fingerprint density at radius 2 is 2.00 bits per heavy atom. The van der Waals surface area contributed by atoms with Crippen LogP contribution in [0.1, 0.15) is 18.2 Å². The smallest absolute Gasteiger partial charge is 0.203 e. The second-order valence-electron chi connectivity index (χ2n) is 5.25. The summed E-state index contributed by atoms with van der Waals surface area (Å²) in [5.41, 5.74) is 7.31. The van der Waals surface area contributed by atoms with Gasteiger partial charge in [-0.3, -0.25) is 5.43 Å². The lowest BCUT2D eigenvalue weighted by Crippen LogP contribution is -2.36. The number of nitrogens with zero attached hydrogens (tertiary/aromatic N) is 3. The van der Waals surface area contributed by atoms with E-state index in [2.05, 4.69) is 44.7 Å². The minimum Gasteiger partial charge on any atom is -0.378 e. The number of morpholine rings is 1. The molecule has 1 aromatic carbocycles. The highest BCUT2D eigenvalue weighted by Crippen LogP contribution is 2.18. The van der Waals surface area contributed by atoms with Gasteiger partial charge in [0.15, 0.2) is 0 Å². The van der Waals surface area contributed by atoms with Crippen molar-refractivity contribution in [1.29, 1.82) is 0 Å². The van der Waals surface area contributed by atoms with E-state index >= 15 is 0 Å². The van der Waals surface area contributed by atoms with Gasteiger partial charge in [-0.05, 0) is 31.5 Å². The quantitative estimate of drug-likeness (QED) is 0.695. The van der Waals surface area contributed by atoms with Crippen molar-refractivity contribution in [2.45, 2.75) is 13.8 Å². The summed E-state index contributed by atoms with van der Waals surface area (Å²) in [6, 6.07) is 8.51. The number of nitrogens with one attached hydrogen (secondary N) is 1. The average molecular weight is 316 g/mol. The number of thiazole rings is 1. The standard InChI is InChI=1S/C16H20N4OS/c1-12-11-22-16(17-12)19-18-13(2)14-3-5-15(6-4-14)20-7-9-21-10-8-20/h3-6,11H,7-10H2,1-2H3,(H,17,19)/b18-13+.